The zero-order chi connectivity index (χ0) is 10.8. The largest absolute Gasteiger partial charge is 0.372 e. The molecule has 0 unspecified atom stereocenters. The van der Waals surface area contributed by atoms with Crippen LogP contribution in [0.1, 0.15) is 33.3 Å². The van der Waals surface area contributed by atoms with E-state index in [9.17, 15) is 5.11 Å². The van der Waals surface area contributed by atoms with Crippen LogP contribution in [0.15, 0.2) is 30.3 Å². The second-order valence-electron chi connectivity index (χ2n) is 4.81. The Morgan fingerprint density at radius 3 is 1.93 bits per heavy atom. The van der Waals surface area contributed by atoms with Crippen LogP contribution >= 0.6 is 0 Å². The molecule has 0 saturated heterocycles. The summed E-state index contributed by atoms with van der Waals surface area (Å²) >= 11 is 0. The van der Waals surface area contributed by atoms with Crippen molar-refractivity contribution in [3.05, 3.63) is 35.9 Å². The molecule has 0 spiro atoms. The number of hydrogen-bond acceptors (Lipinski definition) is 2. The highest BCUT2D eigenvalue weighted by atomic mass is 16.3. The summed E-state index contributed by atoms with van der Waals surface area (Å²) in [6.07, 6.45) is 0. The molecule has 0 aromatic heterocycles. The van der Waals surface area contributed by atoms with Crippen LogP contribution in [0.5, 0.6) is 0 Å². The SMILES string of the molecule is CC(C)(C)N[C@](C)(O)c1ccccc1. The Balaban J connectivity index is 2.86. The maximum Gasteiger partial charge on any atom is 0.139 e. The van der Waals surface area contributed by atoms with Gasteiger partial charge in [-0.15, -0.1) is 0 Å². The van der Waals surface area contributed by atoms with Crippen LogP contribution in [0.2, 0.25) is 0 Å². The highest BCUT2D eigenvalue weighted by Crippen LogP contribution is 2.20. The van der Waals surface area contributed by atoms with E-state index >= 15 is 0 Å². The van der Waals surface area contributed by atoms with E-state index in [-0.39, 0.29) is 5.54 Å². The molecule has 78 valence electrons. The van der Waals surface area contributed by atoms with Crippen molar-refractivity contribution in [2.45, 2.75) is 39.0 Å². The van der Waals surface area contributed by atoms with Crippen molar-refractivity contribution < 1.29 is 5.11 Å². The molecule has 0 aliphatic rings. The topological polar surface area (TPSA) is 32.3 Å². The maximum absolute atomic E-state index is 10.2. The van der Waals surface area contributed by atoms with Crippen molar-refractivity contribution in [2.24, 2.45) is 0 Å². The van der Waals surface area contributed by atoms with Gasteiger partial charge in [0.05, 0.1) is 0 Å². The quantitative estimate of drug-likeness (QED) is 0.706. The molecule has 0 radical (unpaired) electrons. The summed E-state index contributed by atoms with van der Waals surface area (Å²) in [4.78, 5) is 0. The molecule has 2 N–H and O–H groups in total. The highest BCUT2D eigenvalue weighted by Gasteiger charge is 2.27. The summed E-state index contributed by atoms with van der Waals surface area (Å²) in [5, 5.41) is 13.4. The van der Waals surface area contributed by atoms with Gasteiger partial charge in [0, 0.05) is 5.54 Å². The summed E-state index contributed by atoms with van der Waals surface area (Å²) in [6, 6.07) is 9.62. The lowest BCUT2D eigenvalue weighted by Gasteiger charge is -2.33. The first-order valence-corrected chi connectivity index (χ1v) is 4.88. The molecule has 2 heteroatoms. The van der Waals surface area contributed by atoms with Gasteiger partial charge >= 0.3 is 0 Å². The van der Waals surface area contributed by atoms with Gasteiger partial charge in [-0.2, -0.15) is 0 Å². The number of rotatable bonds is 2. The zero-order valence-electron chi connectivity index (χ0n) is 9.33. The third-order valence-electron chi connectivity index (χ3n) is 1.95. The molecule has 0 fully saturated rings. The van der Waals surface area contributed by atoms with Crippen LogP contribution < -0.4 is 5.32 Å². The Morgan fingerprint density at radius 2 is 1.50 bits per heavy atom. The average molecular weight is 193 g/mol. The predicted molar refractivity (Wildman–Crippen MR) is 58.9 cm³/mol. The van der Waals surface area contributed by atoms with E-state index in [1.807, 2.05) is 51.1 Å². The summed E-state index contributed by atoms with van der Waals surface area (Å²) in [5.74, 6) is 0. The van der Waals surface area contributed by atoms with E-state index in [1.165, 1.54) is 0 Å². The van der Waals surface area contributed by atoms with Crippen LogP contribution in [-0.2, 0) is 5.72 Å². The molecule has 1 aromatic rings. The van der Waals surface area contributed by atoms with Gasteiger partial charge < -0.3 is 5.11 Å². The van der Waals surface area contributed by atoms with Gasteiger partial charge in [-0.05, 0) is 33.3 Å². The first-order valence-electron chi connectivity index (χ1n) is 4.88. The predicted octanol–water partition coefficient (Wildman–Crippen LogP) is 2.24. The van der Waals surface area contributed by atoms with Crippen LogP contribution in [0, 0.1) is 0 Å². The molecule has 0 saturated carbocycles. The van der Waals surface area contributed by atoms with Crippen molar-refractivity contribution in [1.82, 2.24) is 5.32 Å². The third-order valence-corrected chi connectivity index (χ3v) is 1.95. The fourth-order valence-corrected chi connectivity index (χ4v) is 1.57. The number of aliphatic hydroxyl groups is 1. The molecule has 0 heterocycles. The van der Waals surface area contributed by atoms with Gasteiger partial charge in [-0.3, -0.25) is 5.32 Å². The van der Waals surface area contributed by atoms with Crippen molar-refractivity contribution in [2.75, 3.05) is 0 Å². The Morgan fingerprint density at radius 1 is 1.00 bits per heavy atom. The van der Waals surface area contributed by atoms with Gasteiger partial charge in [0.25, 0.3) is 0 Å². The lowest BCUT2D eigenvalue weighted by molar-refractivity contribution is -0.00417. The minimum Gasteiger partial charge on any atom is -0.372 e. The second-order valence-corrected chi connectivity index (χ2v) is 4.81. The van der Waals surface area contributed by atoms with Gasteiger partial charge in [0.1, 0.15) is 5.72 Å². The Labute approximate surface area is 86.0 Å². The summed E-state index contributed by atoms with van der Waals surface area (Å²) in [5.41, 5.74) is -0.200. The molecule has 0 aliphatic carbocycles. The summed E-state index contributed by atoms with van der Waals surface area (Å²) < 4.78 is 0. The molecule has 0 aliphatic heterocycles. The van der Waals surface area contributed by atoms with Crippen LogP contribution in [0.25, 0.3) is 0 Å². The third kappa shape index (κ3) is 3.13. The normalized spacial score (nSPS) is 16.4. The molecule has 1 aromatic carbocycles. The van der Waals surface area contributed by atoms with Crippen LogP contribution in [-0.4, -0.2) is 10.6 Å². The Hall–Kier alpha value is -0.860. The van der Waals surface area contributed by atoms with E-state index < -0.39 is 5.72 Å². The van der Waals surface area contributed by atoms with E-state index in [2.05, 4.69) is 5.32 Å². The molecule has 1 rings (SSSR count). The first-order chi connectivity index (χ1) is 6.31. The molecule has 0 bridgehead atoms. The Kier molecular flexibility index (Phi) is 2.98. The minimum atomic E-state index is -0.973. The van der Waals surface area contributed by atoms with Gasteiger partial charge in [-0.1, -0.05) is 30.3 Å². The van der Waals surface area contributed by atoms with Gasteiger partial charge in [0.2, 0.25) is 0 Å². The summed E-state index contributed by atoms with van der Waals surface area (Å²) in [7, 11) is 0. The first kappa shape index (κ1) is 11.2. The minimum absolute atomic E-state index is 0.112. The van der Waals surface area contributed by atoms with E-state index in [0.29, 0.717) is 0 Å². The van der Waals surface area contributed by atoms with E-state index in [1.54, 1.807) is 6.92 Å². The number of nitrogens with one attached hydrogen (secondary N) is 1. The van der Waals surface area contributed by atoms with Crippen molar-refractivity contribution in [3.8, 4) is 0 Å². The molecule has 14 heavy (non-hydrogen) atoms. The monoisotopic (exact) mass is 193 g/mol. The highest BCUT2D eigenvalue weighted by molar-refractivity contribution is 5.21. The van der Waals surface area contributed by atoms with Gasteiger partial charge in [-0.25, -0.2) is 0 Å². The number of hydrogen-bond donors (Lipinski definition) is 2. The van der Waals surface area contributed by atoms with E-state index in [0.717, 1.165) is 5.56 Å². The zero-order valence-corrected chi connectivity index (χ0v) is 9.33. The van der Waals surface area contributed by atoms with E-state index in [4.69, 9.17) is 0 Å². The van der Waals surface area contributed by atoms with Gasteiger partial charge in [0.15, 0.2) is 0 Å². The summed E-state index contributed by atoms with van der Waals surface area (Å²) in [6.45, 7) is 7.87. The molecule has 1 atom stereocenters. The lowest BCUT2D eigenvalue weighted by Crippen LogP contribution is -2.50. The smallest absolute Gasteiger partial charge is 0.139 e. The molecular formula is C12H19NO. The Bertz CT molecular complexity index is 285. The number of benzene rings is 1. The van der Waals surface area contributed by atoms with Crippen LogP contribution in [0.3, 0.4) is 0 Å². The second kappa shape index (κ2) is 3.71. The molecule has 0 amide bonds. The van der Waals surface area contributed by atoms with Crippen molar-refractivity contribution in [3.63, 3.8) is 0 Å². The fraction of sp³-hybridized carbons (Fsp3) is 0.500. The lowest BCUT2D eigenvalue weighted by atomic mass is 10.00. The van der Waals surface area contributed by atoms with Crippen molar-refractivity contribution in [1.29, 1.82) is 0 Å². The molecular weight excluding hydrogens is 174 g/mol. The maximum atomic E-state index is 10.2. The standard InChI is InChI=1S/C12H19NO/c1-11(2,3)13-12(4,14)10-8-6-5-7-9-10/h5-9,13-14H,1-4H3/t12-/m1/s1. The average Bonchev–Trinajstić information content (AvgIpc) is 2.01. The van der Waals surface area contributed by atoms with Crippen LogP contribution in [0.4, 0.5) is 0 Å². The molecule has 2 nitrogen and oxygen atoms in total. The fourth-order valence-electron chi connectivity index (χ4n) is 1.57. The van der Waals surface area contributed by atoms with Crippen molar-refractivity contribution >= 4 is 0 Å².